The van der Waals surface area contributed by atoms with E-state index in [4.69, 9.17) is 9.16 Å². The van der Waals surface area contributed by atoms with Crippen molar-refractivity contribution >= 4 is 21.9 Å². The maximum absolute atomic E-state index is 11.2. The van der Waals surface area contributed by atoms with Crippen molar-refractivity contribution in [3.05, 3.63) is 35.9 Å². The molecule has 0 spiro atoms. The molecule has 0 saturated heterocycles. The fourth-order valence-electron chi connectivity index (χ4n) is 1.16. The van der Waals surface area contributed by atoms with Gasteiger partial charge >= 0.3 is 12.2 Å². The zero-order valence-electron chi connectivity index (χ0n) is 10.7. The molecule has 0 N–H and O–H groups in total. The Morgan fingerprint density at radius 1 is 1.16 bits per heavy atom. The van der Waals surface area contributed by atoms with Gasteiger partial charge in [-0.3, -0.25) is 0 Å². The van der Waals surface area contributed by atoms with Crippen molar-refractivity contribution in [3.8, 4) is 0 Å². The quantitative estimate of drug-likeness (QED) is 0.472. The molecule has 0 aliphatic carbocycles. The van der Waals surface area contributed by atoms with Crippen molar-refractivity contribution in [2.24, 2.45) is 10.2 Å². The second kappa shape index (κ2) is 8.98. The van der Waals surface area contributed by atoms with E-state index < -0.39 is 21.9 Å². The maximum Gasteiger partial charge on any atom is 0.452 e. The molecule has 0 aliphatic heterocycles. The second-order valence-electron chi connectivity index (χ2n) is 3.71. The van der Waals surface area contributed by atoms with E-state index in [1.165, 1.54) is 0 Å². The molecular weight excluding hydrogens is 264 g/mol. The van der Waals surface area contributed by atoms with Gasteiger partial charge in [0, 0.05) is 0 Å². The van der Waals surface area contributed by atoms with Crippen LogP contribution in [0.1, 0.15) is 18.9 Å². The lowest BCUT2D eigenvalue weighted by atomic mass is 10.2. The number of benzene rings is 1. The van der Waals surface area contributed by atoms with Crippen LogP contribution in [0.15, 0.2) is 40.6 Å². The largest absolute Gasteiger partial charge is 0.507 e. The van der Waals surface area contributed by atoms with E-state index in [0.717, 1.165) is 18.0 Å². The molecule has 102 valence electrons. The molecule has 0 heterocycles. The topological polar surface area (TPSA) is 77.3 Å². The van der Waals surface area contributed by atoms with Crippen LogP contribution in [0.25, 0.3) is 0 Å². The number of carbonyl (C=O) groups excluding carboxylic acids is 2. The van der Waals surface area contributed by atoms with E-state index in [0.29, 0.717) is 0 Å². The summed E-state index contributed by atoms with van der Waals surface area (Å²) in [6.07, 6.45) is -0.759. The SMILES string of the molecule is CCC[SiH2]OC(=O)N=NC(=O)OCc1ccccc1. The van der Waals surface area contributed by atoms with Gasteiger partial charge in [-0.1, -0.05) is 53.9 Å². The lowest BCUT2D eigenvalue weighted by Crippen LogP contribution is -2.04. The van der Waals surface area contributed by atoms with Crippen LogP contribution in [0.4, 0.5) is 9.59 Å². The van der Waals surface area contributed by atoms with E-state index in [2.05, 4.69) is 10.2 Å². The van der Waals surface area contributed by atoms with Gasteiger partial charge in [-0.25, -0.2) is 9.59 Å². The maximum atomic E-state index is 11.2. The fourth-order valence-corrected chi connectivity index (χ4v) is 1.83. The van der Waals surface area contributed by atoms with Crippen LogP contribution in [-0.2, 0) is 15.8 Å². The molecule has 2 amide bonds. The van der Waals surface area contributed by atoms with Gasteiger partial charge in [-0.05, 0) is 11.6 Å². The summed E-state index contributed by atoms with van der Waals surface area (Å²) in [5, 5.41) is 6.26. The van der Waals surface area contributed by atoms with Crippen LogP contribution in [0.3, 0.4) is 0 Å². The first-order valence-electron chi connectivity index (χ1n) is 6.01. The first-order chi connectivity index (χ1) is 9.22. The predicted octanol–water partition coefficient (Wildman–Crippen LogP) is 2.82. The highest BCUT2D eigenvalue weighted by Crippen LogP contribution is 2.01. The summed E-state index contributed by atoms with van der Waals surface area (Å²) in [7, 11) is -0.890. The first-order valence-corrected chi connectivity index (χ1v) is 7.59. The third kappa shape index (κ3) is 7.09. The smallest absolute Gasteiger partial charge is 0.452 e. The average Bonchev–Trinajstić information content (AvgIpc) is 2.44. The van der Waals surface area contributed by atoms with E-state index in [1.807, 2.05) is 37.3 Å². The Kier molecular flexibility index (Phi) is 7.11. The summed E-state index contributed by atoms with van der Waals surface area (Å²) in [6.45, 7) is 2.10. The molecule has 0 aliphatic rings. The highest BCUT2D eigenvalue weighted by atomic mass is 28.2. The Labute approximate surface area is 113 Å². The molecule has 0 unspecified atom stereocenters. The van der Waals surface area contributed by atoms with Gasteiger partial charge in [0.1, 0.15) is 6.61 Å². The van der Waals surface area contributed by atoms with Crippen molar-refractivity contribution in [1.82, 2.24) is 0 Å². The Hall–Kier alpha value is -2.02. The van der Waals surface area contributed by atoms with Gasteiger partial charge in [0.2, 0.25) is 9.76 Å². The molecule has 6 nitrogen and oxygen atoms in total. The van der Waals surface area contributed by atoms with Crippen LogP contribution in [0.5, 0.6) is 0 Å². The molecule has 1 aromatic carbocycles. The van der Waals surface area contributed by atoms with Crippen molar-refractivity contribution in [1.29, 1.82) is 0 Å². The normalized spacial score (nSPS) is 11.0. The standard InChI is InChI=1S/C12H16N2O4Si/c1-2-8-19-18-12(16)14-13-11(15)17-9-10-6-4-3-5-7-10/h3-7H,2,8-9,19H2,1H3. The number of carbonyl (C=O) groups is 2. The summed E-state index contributed by atoms with van der Waals surface area (Å²) in [5.41, 5.74) is 0.837. The molecule has 0 atom stereocenters. The molecule has 0 radical (unpaired) electrons. The minimum Gasteiger partial charge on any atom is -0.507 e. The van der Waals surface area contributed by atoms with Crippen LogP contribution in [-0.4, -0.2) is 21.9 Å². The zero-order chi connectivity index (χ0) is 13.9. The number of nitrogens with zero attached hydrogens (tertiary/aromatic N) is 2. The van der Waals surface area contributed by atoms with Crippen LogP contribution in [0, 0.1) is 0 Å². The predicted molar refractivity (Wildman–Crippen MR) is 71.6 cm³/mol. The van der Waals surface area contributed by atoms with Gasteiger partial charge in [0.15, 0.2) is 0 Å². The molecule has 0 fully saturated rings. The number of azo groups is 1. The molecule has 0 saturated carbocycles. The number of rotatable bonds is 5. The number of hydrogen-bond acceptors (Lipinski definition) is 4. The molecule has 1 rings (SSSR count). The minimum absolute atomic E-state index is 0.0956. The van der Waals surface area contributed by atoms with Gasteiger partial charge in [-0.2, -0.15) is 0 Å². The van der Waals surface area contributed by atoms with E-state index in [-0.39, 0.29) is 6.61 Å². The molecule has 7 heteroatoms. The van der Waals surface area contributed by atoms with Gasteiger partial charge < -0.3 is 9.16 Å². The lowest BCUT2D eigenvalue weighted by Gasteiger charge is -2.00. The highest BCUT2D eigenvalue weighted by molar-refractivity contribution is 6.30. The van der Waals surface area contributed by atoms with Crippen molar-refractivity contribution in [2.45, 2.75) is 26.0 Å². The summed E-state index contributed by atoms with van der Waals surface area (Å²) in [4.78, 5) is 22.2. The lowest BCUT2D eigenvalue weighted by molar-refractivity contribution is 0.148. The molecule has 0 bridgehead atoms. The Morgan fingerprint density at radius 3 is 2.53 bits per heavy atom. The van der Waals surface area contributed by atoms with E-state index >= 15 is 0 Å². The number of amides is 2. The number of ether oxygens (including phenoxy) is 1. The van der Waals surface area contributed by atoms with Gasteiger partial charge in [0.25, 0.3) is 0 Å². The van der Waals surface area contributed by atoms with Crippen molar-refractivity contribution in [3.63, 3.8) is 0 Å². The zero-order valence-corrected chi connectivity index (χ0v) is 12.2. The van der Waals surface area contributed by atoms with Crippen LogP contribution in [0.2, 0.25) is 6.04 Å². The first kappa shape index (κ1) is 15.0. The molecule has 19 heavy (non-hydrogen) atoms. The Morgan fingerprint density at radius 2 is 1.84 bits per heavy atom. The average molecular weight is 280 g/mol. The van der Waals surface area contributed by atoms with Crippen molar-refractivity contribution in [2.75, 3.05) is 0 Å². The summed E-state index contributed by atoms with van der Waals surface area (Å²) >= 11 is 0. The molecule has 1 aromatic rings. The van der Waals surface area contributed by atoms with Gasteiger partial charge in [0.05, 0.1) is 0 Å². The minimum atomic E-state index is -0.905. The third-order valence-electron chi connectivity index (χ3n) is 2.14. The van der Waals surface area contributed by atoms with Crippen molar-refractivity contribution < 1.29 is 18.8 Å². The molecule has 0 aromatic heterocycles. The highest BCUT2D eigenvalue weighted by Gasteiger charge is 2.04. The monoisotopic (exact) mass is 280 g/mol. The van der Waals surface area contributed by atoms with Crippen LogP contribution < -0.4 is 0 Å². The Balaban J connectivity index is 2.25. The fraction of sp³-hybridized carbons (Fsp3) is 0.333. The third-order valence-corrected chi connectivity index (χ3v) is 3.59. The van der Waals surface area contributed by atoms with E-state index in [9.17, 15) is 9.59 Å². The molecular formula is C12H16N2O4Si. The summed E-state index contributed by atoms with van der Waals surface area (Å²) in [5.74, 6) is 0. The Bertz CT molecular complexity index is 437. The van der Waals surface area contributed by atoms with E-state index in [1.54, 1.807) is 0 Å². The summed E-state index contributed by atoms with van der Waals surface area (Å²) in [6, 6.07) is 10.0. The van der Waals surface area contributed by atoms with Gasteiger partial charge in [-0.15, -0.1) is 0 Å². The summed E-state index contributed by atoms with van der Waals surface area (Å²) < 4.78 is 9.64. The second-order valence-corrected chi connectivity index (χ2v) is 5.11. The number of hydrogen-bond donors (Lipinski definition) is 0. The van der Waals surface area contributed by atoms with Crippen LogP contribution >= 0.6 is 0 Å².